The highest BCUT2D eigenvalue weighted by atomic mass is 32.2. The summed E-state index contributed by atoms with van der Waals surface area (Å²) in [5.74, 6) is 5.21. The van der Waals surface area contributed by atoms with Gasteiger partial charge in [-0.3, -0.25) is 4.21 Å². The van der Waals surface area contributed by atoms with Crippen LogP contribution in [0, 0.1) is 0 Å². The van der Waals surface area contributed by atoms with Crippen molar-refractivity contribution in [2.45, 2.75) is 16.2 Å². The third-order valence-electron chi connectivity index (χ3n) is 3.76. The Balaban J connectivity index is 2.92. The second kappa shape index (κ2) is 9.07. The topological polar surface area (TPSA) is 219 Å². The molecule has 0 radical (unpaired) electrons. The van der Waals surface area contributed by atoms with Crippen molar-refractivity contribution in [2.24, 2.45) is 27.6 Å². The van der Waals surface area contributed by atoms with E-state index in [1.807, 2.05) is 5.53 Å². The second-order valence-corrected chi connectivity index (χ2v) is 8.65. The molecule has 0 aliphatic heterocycles. The number of rotatable bonds is 8. The Morgan fingerprint density at radius 3 is 2.54 bits per heavy atom. The van der Waals surface area contributed by atoms with Crippen LogP contribution >= 0.6 is 0 Å². The quantitative estimate of drug-likeness (QED) is 0.125. The molecule has 1 heterocycles. The van der Waals surface area contributed by atoms with E-state index in [9.17, 15) is 12.6 Å². The second-order valence-electron chi connectivity index (χ2n) is 5.61. The summed E-state index contributed by atoms with van der Waals surface area (Å²) in [5.41, 5.74) is 20.0. The predicted octanol–water partition coefficient (Wildman–Crippen LogP) is -1.48. The van der Waals surface area contributed by atoms with Gasteiger partial charge in [-0.2, -0.15) is 0 Å². The predicted molar refractivity (Wildman–Crippen MR) is 108 cm³/mol. The number of aromatic nitrogens is 1. The Morgan fingerprint density at radius 1 is 1.25 bits per heavy atom. The van der Waals surface area contributed by atoms with Crippen LogP contribution in [0.2, 0.25) is 0 Å². The molecule has 0 saturated carbocycles. The Morgan fingerprint density at radius 2 is 1.96 bits per heavy atom. The summed E-state index contributed by atoms with van der Waals surface area (Å²) in [7, 11) is -6.05. The summed E-state index contributed by atoms with van der Waals surface area (Å²) in [6.07, 6.45) is 1.91. The van der Waals surface area contributed by atoms with Crippen LogP contribution in [0.5, 0.6) is 0 Å². The normalized spacial score (nSPS) is 13.3. The van der Waals surface area contributed by atoms with Gasteiger partial charge in [-0.05, 0) is 36.7 Å². The minimum atomic E-state index is -4.36. The van der Waals surface area contributed by atoms with E-state index in [1.54, 1.807) is 12.1 Å². The van der Waals surface area contributed by atoms with Crippen LogP contribution in [-0.4, -0.2) is 35.7 Å². The average Bonchev–Trinajstić information content (AvgIpc) is 2.65. The number of nitrogens with zero attached hydrogens (tertiary/aromatic N) is 2. The summed E-state index contributed by atoms with van der Waals surface area (Å²) in [6.45, 7) is 0.300. The Labute approximate surface area is 164 Å². The van der Waals surface area contributed by atoms with E-state index in [-0.39, 0.29) is 27.9 Å². The average molecular weight is 427 g/mol. The van der Waals surface area contributed by atoms with E-state index in [2.05, 4.69) is 10.1 Å². The van der Waals surface area contributed by atoms with E-state index < -0.39 is 25.7 Å². The minimum Gasteiger partial charge on any atom is -0.383 e. The molecule has 1 unspecified atom stereocenters. The molecule has 11 nitrogen and oxygen atoms in total. The van der Waals surface area contributed by atoms with Crippen LogP contribution in [0.1, 0.15) is 12.0 Å². The first-order valence-electron chi connectivity index (χ1n) is 8.00. The van der Waals surface area contributed by atoms with Gasteiger partial charge in [-0.25, -0.2) is 29.9 Å². The third-order valence-corrected chi connectivity index (χ3v) is 6.37. The molecule has 2 aromatic rings. The molecule has 0 aliphatic rings. The van der Waals surface area contributed by atoms with E-state index in [0.717, 1.165) is 0 Å². The maximum Gasteiger partial charge on any atom is 0.240 e. The Kier molecular flexibility index (Phi) is 7.04. The standard InChI is InChI=1S/C15H22N8O3S2/c16-6-2-8-27(24)11-5-4-9(10-3-1-7-21-14(10)17)12(15(18)22-23-19)13(11)28(20,25)26/h1,3-5,7,23H,2,6,8,16,19H2,(H2,17,21)(H2,18,22)(H2,20,25,26). The number of nitrogens with one attached hydrogen (secondary N) is 1. The summed E-state index contributed by atoms with van der Waals surface area (Å²) < 4.78 is 37.6. The fourth-order valence-corrected chi connectivity index (χ4v) is 5.25. The van der Waals surface area contributed by atoms with Crippen molar-refractivity contribution in [3.63, 3.8) is 0 Å². The molecule has 0 bridgehead atoms. The molecule has 0 saturated heterocycles. The minimum absolute atomic E-state index is 0.00710. The molecule has 13 heteroatoms. The summed E-state index contributed by atoms with van der Waals surface area (Å²) in [5, 5.41) is 9.12. The SMILES string of the molecule is NCCCS(=O)c1ccc(-c2cccnc2N)c(/C(N)=N/NN)c1S(N)(=O)=O. The number of nitrogen functional groups attached to an aromatic ring is 1. The van der Waals surface area contributed by atoms with Gasteiger partial charge in [0.05, 0.1) is 15.7 Å². The highest BCUT2D eigenvalue weighted by Crippen LogP contribution is 2.34. The molecule has 28 heavy (non-hydrogen) atoms. The summed E-state index contributed by atoms with van der Waals surface area (Å²) in [6, 6.07) is 6.18. The number of nitrogens with two attached hydrogens (primary N) is 5. The number of hydrogen-bond donors (Lipinski definition) is 6. The lowest BCUT2D eigenvalue weighted by molar-refractivity contribution is 0.594. The zero-order valence-electron chi connectivity index (χ0n) is 14.8. The van der Waals surface area contributed by atoms with Crippen LogP contribution in [-0.2, 0) is 20.8 Å². The lowest BCUT2D eigenvalue weighted by Gasteiger charge is -2.17. The number of hydrogen-bond acceptors (Lipinski definition) is 9. The van der Waals surface area contributed by atoms with Gasteiger partial charge in [0.15, 0.2) is 5.84 Å². The zero-order valence-corrected chi connectivity index (χ0v) is 16.5. The molecular formula is C15H22N8O3S2. The summed E-state index contributed by atoms with van der Waals surface area (Å²) in [4.78, 5) is 3.57. The lowest BCUT2D eigenvalue weighted by atomic mass is 9.99. The van der Waals surface area contributed by atoms with E-state index >= 15 is 0 Å². The maximum absolute atomic E-state index is 12.7. The molecule has 1 atom stereocenters. The largest absolute Gasteiger partial charge is 0.383 e. The lowest BCUT2D eigenvalue weighted by Crippen LogP contribution is -2.28. The molecule has 0 spiro atoms. The van der Waals surface area contributed by atoms with E-state index in [4.69, 9.17) is 28.2 Å². The molecule has 0 fully saturated rings. The van der Waals surface area contributed by atoms with Gasteiger partial charge in [0, 0.05) is 23.1 Å². The van der Waals surface area contributed by atoms with Crippen LogP contribution in [0.4, 0.5) is 5.82 Å². The third kappa shape index (κ3) is 4.63. The Bertz CT molecular complexity index is 1020. The molecular weight excluding hydrogens is 404 g/mol. The zero-order chi connectivity index (χ0) is 20.9. The number of hydrazine groups is 1. The fourth-order valence-electron chi connectivity index (χ4n) is 2.60. The van der Waals surface area contributed by atoms with Crippen molar-refractivity contribution < 1.29 is 12.6 Å². The molecule has 1 aromatic carbocycles. The van der Waals surface area contributed by atoms with Gasteiger partial charge in [-0.1, -0.05) is 6.07 Å². The first kappa shape index (κ1) is 21.7. The molecule has 1 aromatic heterocycles. The molecule has 11 N–H and O–H groups in total. The first-order chi connectivity index (χ1) is 13.2. The van der Waals surface area contributed by atoms with Crippen molar-refractivity contribution >= 4 is 32.5 Å². The molecule has 152 valence electrons. The van der Waals surface area contributed by atoms with Gasteiger partial charge < -0.3 is 17.2 Å². The number of primary sulfonamides is 1. The number of anilines is 1. The van der Waals surface area contributed by atoms with Crippen LogP contribution < -0.4 is 33.7 Å². The number of pyridine rings is 1. The fraction of sp³-hybridized carbons (Fsp3) is 0.200. The maximum atomic E-state index is 12.7. The Hall–Kier alpha value is -2.58. The number of sulfonamides is 1. The van der Waals surface area contributed by atoms with E-state index in [1.165, 1.54) is 18.3 Å². The van der Waals surface area contributed by atoms with Crippen molar-refractivity contribution in [3.8, 4) is 11.1 Å². The van der Waals surface area contributed by atoms with Crippen LogP contribution in [0.3, 0.4) is 0 Å². The molecule has 0 aliphatic carbocycles. The van der Waals surface area contributed by atoms with Gasteiger partial charge in [0.1, 0.15) is 10.7 Å². The number of benzene rings is 1. The van der Waals surface area contributed by atoms with Crippen molar-refractivity contribution in [3.05, 3.63) is 36.0 Å². The number of amidine groups is 1. The summed E-state index contributed by atoms with van der Waals surface area (Å²) >= 11 is 0. The first-order valence-corrected chi connectivity index (χ1v) is 10.9. The van der Waals surface area contributed by atoms with Crippen LogP contribution in [0.15, 0.2) is 45.4 Å². The molecule has 0 amide bonds. The van der Waals surface area contributed by atoms with Gasteiger partial charge >= 0.3 is 0 Å². The van der Waals surface area contributed by atoms with Crippen molar-refractivity contribution in [1.82, 2.24) is 10.5 Å². The van der Waals surface area contributed by atoms with Crippen molar-refractivity contribution in [1.29, 1.82) is 0 Å². The van der Waals surface area contributed by atoms with Gasteiger partial charge in [0.25, 0.3) is 0 Å². The van der Waals surface area contributed by atoms with E-state index in [0.29, 0.717) is 24.1 Å². The number of hydrazone groups is 1. The van der Waals surface area contributed by atoms with Gasteiger partial charge in [-0.15, -0.1) is 5.10 Å². The smallest absolute Gasteiger partial charge is 0.240 e. The highest BCUT2D eigenvalue weighted by molar-refractivity contribution is 7.91. The highest BCUT2D eigenvalue weighted by Gasteiger charge is 2.28. The van der Waals surface area contributed by atoms with Gasteiger partial charge in [0.2, 0.25) is 10.0 Å². The van der Waals surface area contributed by atoms with Crippen molar-refractivity contribution in [2.75, 3.05) is 18.0 Å². The van der Waals surface area contributed by atoms with Crippen LogP contribution in [0.25, 0.3) is 11.1 Å². The molecule has 2 rings (SSSR count). The monoisotopic (exact) mass is 426 g/mol.